The molecule has 0 saturated heterocycles. The second-order valence-corrected chi connectivity index (χ2v) is 6.46. The van der Waals surface area contributed by atoms with E-state index in [9.17, 15) is 8.78 Å². The Kier molecular flexibility index (Phi) is 5.73. The lowest BCUT2D eigenvalue weighted by Gasteiger charge is -2.27. The van der Waals surface area contributed by atoms with E-state index in [-0.39, 0.29) is 28.4 Å². The van der Waals surface area contributed by atoms with Crippen molar-refractivity contribution in [3.8, 4) is 0 Å². The van der Waals surface area contributed by atoms with Crippen molar-refractivity contribution < 1.29 is 18.3 Å². The highest BCUT2D eigenvalue weighted by atomic mass is 79.9. The zero-order chi connectivity index (χ0) is 17.1. The summed E-state index contributed by atoms with van der Waals surface area (Å²) in [6.45, 7) is 4.00. The quantitative estimate of drug-likeness (QED) is 0.739. The molecule has 1 aliphatic rings. The van der Waals surface area contributed by atoms with Gasteiger partial charge < -0.3 is 9.47 Å². The van der Waals surface area contributed by atoms with Crippen LogP contribution in [0.5, 0.6) is 0 Å². The van der Waals surface area contributed by atoms with Crippen LogP contribution in [-0.4, -0.2) is 38.1 Å². The van der Waals surface area contributed by atoms with E-state index in [0.29, 0.717) is 11.8 Å². The number of halogens is 3. The molecule has 4 nitrogen and oxygen atoms in total. The van der Waals surface area contributed by atoms with Crippen LogP contribution in [0.3, 0.4) is 0 Å². The minimum Gasteiger partial charge on any atom is -0.483 e. The molecule has 7 heteroatoms. The highest BCUT2D eigenvalue weighted by molar-refractivity contribution is 9.10. The molecule has 2 rings (SSSR count). The average molecular weight is 389 g/mol. The first-order chi connectivity index (χ1) is 10.9. The molecule has 23 heavy (non-hydrogen) atoms. The molecular weight excluding hydrogens is 370 g/mol. The molecule has 126 valence electrons. The van der Waals surface area contributed by atoms with Crippen LogP contribution >= 0.6 is 15.9 Å². The second kappa shape index (κ2) is 7.38. The summed E-state index contributed by atoms with van der Waals surface area (Å²) in [7, 11) is 3.02. The van der Waals surface area contributed by atoms with Gasteiger partial charge in [0.05, 0.1) is 18.7 Å². The van der Waals surface area contributed by atoms with Crippen LogP contribution in [0.4, 0.5) is 8.78 Å². The third-order valence-electron chi connectivity index (χ3n) is 3.64. The van der Waals surface area contributed by atoms with Crippen molar-refractivity contribution in [3.05, 3.63) is 33.8 Å². The normalized spacial score (nSPS) is 21.0. The lowest BCUT2D eigenvalue weighted by atomic mass is 10.00. The molecule has 0 saturated carbocycles. The van der Waals surface area contributed by atoms with Crippen LogP contribution in [0.1, 0.15) is 19.4 Å². The standard InChI is InChI=1S/C16H19BrF2N2O2/c1-8(2)14-16(23-4)20-13(15(21-14)22-3)6-9-5-12(19)10(17)7-11(9)18/h5,7-8,13-14H,6H2,1-4H3/t13-,14-/m1/s1. The van der Waals surface area contributed by atoms with Crippen LogP contribution in [0, 0.1) is 17.6 Å². The molecule has 1 heterocycles. The predicted molar refractivity (Wildman–Crippen MR) is 89.1 cm³/mol. The molecule has 1 aromatic carbocycles. The fraction of sp³-hybridized carbons (Fsp3) is 0.500. The molecule has 0 aromatic heterocycles. The van der Waals surface area contributed by atoms with Gasteiger partial charge in [0.25, 0.3) is 0 Å². The lowest BCUT2D eigenvalue weighted by molar-refractivity contribution is 0.332. The zero-order valence-corrected chi connectivity index (χ0v) is 15.0. The van der Waals surface area contributed by atoms with Crippen LogP contribution in [-0.2, 0) is 15.9 Å². The summed E-state index contributed by atoms with van der Waals surface area (Å²) in [5.74, 6) is 0.0238. The fourth-order valence-corrected chi connectivity index (χ4v) is 2.74. The maximum absolute atomic E-state index is 14.0. The van der Waals surface area contributed by atoms with Crippen molar-refractivity contribution in [2.75, 3.05) is 14.2 Å². The summed E-state index contributed by atoms with van der Waals surface area (Å²) >= 11 is 2.96. The minimum absolute atomic E-state index is 0.0870. The number of nitrogens with zero attached hydrogens (tertiary/aromatic N) is 2. The molecular formula is C16H19BrF2N2O2. The smallest absolute Gasteiger partial charge is 0.209 e. The number of benzene rings is 1. The van der Waals surface area contributed by atoms with Crippen molar-refractivity contribution in [2.45, 2.75) is 32.4 Å². The van der Waals surface area contributed by atoms with Crippen molar-refractivity contribution in [1.29, 1.82) is 0 Å². The molecule has 0 radical (unpaired) electrons. The number of ether oxygens (including phenoxy) is 2. The first-order valence-electron chi connectivity index (χ1n) is 7.24. The van der Waals surface area contributed by atoms with Crippen molar-refractivity contribution in [2.24, 2.45) is 15.9 Å². The summed E-state index contributed by atoms with van der Waals surface area (Å²) < 4.78 is 38.4. The highest BCUT2D eigenvalue weighted by Crippen LogP contribution is 2.24. The van der Waals surface area contributed by atoms with Crippen molar-refractivity contribution in [3.63, 3.8) is 0 Å². The lowest BCUT2D eigenvalue weighted by Crippen LogP contribution is -2.38. The molecule has 0 amide bonds. The van der Waals surface area contributed by atoms with Gasteiger partial charge in [-0.2, -0.15) is 0 Å². The Labute approximate surface area is 142 Å². The molecule has 0 unspecified atom stereocenters. The van der Waals surface area contributed by atoms with E-state index in [4.69, 9.17) is 9.47 Å². The van der Waals surface area contributed by atoms with Gasteiger partial charge in [0.1, 0.15) is 23.7 Å². The van der Waals surface area contributed by atoms with E-state index in [2.05, 4.69) is 25.9 Å². The van der Waals surface area contributed by atoms with E-state index in [1.165, 1.54) is 14.2 Å². The molecule has 1 aromatic rings. The maximum atomic E-state index is 14.0. The summed E-state index contributed by atoms with van der Waals surface area (Å²) in [6.07, 6.45) is 0.139. The third-order valence-corrected chi connectivity index (χ3v) is 4.25. The van der Waals surface area contributed by atoms with E-state index in [1.54, 1.807) is 0 Å². The maximum Gasteiger partial charge on any atom is 0.209 e. The second-order valence-electron chi connectivity index (χ2n) is 5.61. The summed E-state index contributed by atoms with van der Waals surface area (Å²) in [5, 5.41) is 0. The molecule has 1 aliphatic heterocycles. The molecule has 0 aliphatic carbocycles. The van der Waals surface area contributed by atoms with Gasteiger partial charge >= 0.3 is 0 Å². The van der Waals surface area contributed by atoms with Crippen molar-refractivity contribution in [1.82, 2.24) is 0 Å². The molecule has 0 bridgehead atoms. The number of methoxy groups -OCH3 is 2. The van der Waals surface area contributed by atoms with Gasteiger partial charge in [-0.15, -0.1) is 0 Å². The Morgan fingerprint density at radius 1 is 1.09 bits per heavy atom. The Bertz CT molecular complexity index is 647. The van der Waals surface area contributed by atoms with Gasteiger partial charge in [-0.05, 0) is 39.5 Å². The number of rotatable bonds is 3. The first-order valence-corrected chi connectivity index (χ1v) is 8.03. The summed E-state index contributed by atoms with van der Waals surface area (Å²) in [6, 6.07) is 1.48. The SMILES string of the molecule is COC1=N[C@H](C(C)C)C(OC)=N[C@@H]1Cc1cc(F)c(Br)cc1F. The molecule has 0 spiro atoms. The van der Waals surface area contributed by atoms with E-state index < -0.39 is 17.7 Å². The fourth-order valence-electron chi connectivity index (χ4n) is 2.42. The van der Waals surface area contributed by atoms with Gasteiger partial charge in [0.2, 0.25) is 11.8 Å². The number of aliphatic imine (C=N–C) groups is 2. The summed E-state index contributed by atoms with van der Waals surface area (Å²) in [4.78, 5) is 8.99. The van der Waals surface area contributed by atoms with E-state index in [0.717, 1.165) is 12.1 Å². The summed E-state index contributed by atoms with van der Waals surface area (Å²) in [5.41, 5.74) is 0.211. The van der Waals surface area contributed by atoms with Crippen LogP contribution in [0.15, 0.2) is 26.6 Å². The Hall–Kier alpha value is -1.50. The van der Waals surface area contributed by atoms with Gasteiger partial charge in [-0.25, -0.2) is 18.8 Å². The molecule has 2 atom stereocenters. The highest BCUT2D eigenvalue weighted by Gasteiger charge is 2.31. The third kappa shape index (κ3) is 3.88. The number of hydrogen-bond acceptors (Lipinski definition) is 4. The van der Waals surface area contributed by atoms with Crippen LogP contribution in [0.25, 0.3) is 0 Å². The van der Waals surface area contributed by atoms with Crippen LogP contribution in [0.2, 0.25) is 0 Å². The average Bonchev–Trinajstić information content (AvgIpc) is 2.51. The Balaban J connectivity index is 2.33. The Morgan fingerprint density at radius 2 is 1.74 bits per heavy atom. The van der Waals surface area contributed by atoms with Gasteiger partial charge in [0, 0.05) is 6.42 Å². The van der Waals surface area contributed by atoms with Gasteiger partial charge in [-0.3, -0.25) is 0 Å². The topological polar surface area (TPSA) is 43.2 Å². The first kappa shape index (κ1) is 17.8. The predicted octanol–water partition coefficient (Wildman–Crippen LogP) is 3.77. The molecule has 0 fully saturated rings. The molecule has 0 N–H and O–H groups in total. The van der Waals surface area contributed by atoms with Crippen molar-refractivity contribution >= 4 is 27.7 Å². The minimum atomic E-state index is -0.542. The van der Waals surface area contributed by atoms with E-state index >= 15 is 0 Å². The largest absolute Gasteiger partial charge is 0.483 e. The van der Waals surface area contributed by atoms with Gasteiger partial charge in [-0.1, -0.05) is 13.8 Å². The Morgan fingerprint density at radius 3 is 2.30 bits per heavy atom. The van der Waals surface area contributed by atoms with Crippen LogP contribution < -0.4 is 0 Å². The monoisotopic (exact) mass is 388 g/mol. The zero-order valence-electron chi connectivity index (χ0n) is 13.4. The number of hydrogen-bond donors (Lipinski definition) is 0. The van der Waals surface area contributed by atoms with Gasteiger partial charge in [0.15, 0.2) is 0 Å². The van der Waals surface area contributed by atoms with E-state index in [1.807, 2.05) is 13.8 Å².